The third kappa shape index (κ3) is 3.01. The van der Waals surface area contributed by atoms with Crippen molar-refractivity contribution in [2.75, 3.05) is 0 Å². The summed E-state index contributed by atoms with van der Waals surface area (Å²) >= 11 is 0. The Hall–Kier alpha value is -2.55. The molecule has 0 aliphatic heterocycles. The number of nitriles is 1. The van der Waals surface area contributed by atoms with E-state index in [1.165, 1.54) is 36.5 Å². The molecule has 19 heavy (non-hydrogen) atoms. The Balaban J connectivity index is 2.54. The SMILES string of the molecule is N#Cc1cccnc1-c1ccccc1OC(F)(F)F. The van der Waals surface area contributed by atoms with Crippen molar-refractivity contribution in [2.45, 2.75) is 6.36 Å². The number of halogens is 3. The second-order valence-corrected chi connectivity index (χ2v) is 3.56. The summed E-state index contributed by atoms with van der Waals surface area (Å²) in [6, 6.07) is 10.5. The van der Waals surface area contributed by atoms with Crippen LogP contribution in [0.4, 0.5) is 13.2 Å². The van der Waals surface area contributed by atoms with E-state index in [0.717, 1.165) is 0 Å². The van der Waals surface area contributed by atoms with Crippen LogP contribution in [0.15, 0.2) is 42.6 Å². The molecule has 0 atom stereocenters. The largest absolute Gasteiger partial charge is 0.573 e. The summed E-state index contributed by atoms with van der Waals surface area (Å²) in [5, 5.41) is 8.95. The van der Waals surface area contributed by atoms with Crippen molar-refractivity contribution in [3.05, 3.63) is 48.2 Å². The Morgan fingerprint density at radius 1 is 1.11 bits per heavy atom. The summed E-state index contributed by atoms with van der Waals surface area (Å²) in [6.07, 6.45) is -3.39. The van der Waals surface area contributed by atoms with Gasteiger partial charge in [-0.2, -0.15) is 5.26 Å². The van der Waals surface area contributed by atoms with Crippen LogP contribution in [-0.2, 0) is 0 Å². The molecular formula is C13H7F3N2O. The summed E-state index contributed by atoms with van der Waals surface area (Å²) in [7, 11) is 0. The molecule has 0 saturated carbocycles. The first-order valence-electron chi connectivity index (χ1n) is 5.21. The third-order valence-corrected chi connectivity index (χ3v) is 2.30. The zero-order valence-electron chi connectivity index (χ0n) is 9.48. The second kappa shape index (κ2) is 4.98. The molecule has 0 aliphatic rings. The first kappa shape index (κ1) is 12.9. The molecule has 0 fully saturated rings. The lowest BCUT2D eigenvalue weighted by molar-refractivity contribution is -0.274. The van der Waals surface area contributed by atoms with E-state index in [9.17, 15) is 13.2 Å². The number of hydrogen-bond acceptors (Lipinski definition) is 3. The number of aromatic nitrogens is 1. The fourth-order valence-corrected chi connectivity index (χ4v) is 1.59. The van der Waals surface area contributed by atoms with Gasteiger partial charge in [-0.15, -0.1) is 13.2 Å². The average molecular weight is 264 g/mol. The summed E-state index contributed by atoms with van der Waals surface area (Å²) in [6.45, 7) is 0. The van der Waals surface area contributed by atoms with Crippen LogP contribution in [0, 0.1) is 11.3 Å². The van der Waals surface area contributed by atoms with Crippen molar-refractivity contribution in [2.24, 2.45) is 0 Å². The summed E-state index contributed by atoms with van der Waals surface area (Å²) in [5.74, 6) is -0.384. The monoisotopic (exact) mass is 264 g/mol. The molecule has 0 bridgehead atoms. The molecule has 2 aromatic rings. The highest BCUT2D eigenvalue weighted by atomic mass is 19.4. The quantitative estimate of drug-likeness (QED) is 0.833. The lowest BCUT2D eigenvalue weighted by atomic mass is 10.1. The molecule has 96 valence electrons. The summed E-state index contributed by atoms with van der Waals surface area (Å²) in [4.78, 5) is 3.94. The van der Waals surface area contributed by atoms with Gasteiger partial charge in [0, 0.05) is 11.8 Å². The van der Waals surface area contributed by atoms with Crippen LogP contribution in [0.5, 0.6) is 5.75 Å². The third-order valence-electron chi connectivity index (χ3n) is 2.30. The highest BCUT2D eigenvalue weighted by Gasteiger charge is 2.32. The maximum absolute atomic E-state index is 12.3. The summed E-state index contributed by atoms with van der Waals surface area (Å²) < 4.78 is 40.9. The normalized spacial score (nSPS) is 10.8. The number of para-hydroxylation sites is 1. The van der Waals surface area contributed by atoms with Crippen molar-refractivity contribution in [1.82, 2.24) is 4.98 Å². The van der Waals surface area contributed by atoms with Gasteiger partial charge in [-0.25, -0.2) is 0 Å². The second-order valence-electron chi connectivity index (χ2n) is 3.56. The van der Waals surface area contributed by atoms with Crippen LogP contribution >= 0.6 is 0 Å². The molecule has 0 N–H and O–H groups in total. The predicted octanol–water partition coefficient (Wildman–Crippen LogP) is 3.52. The molecule has 6 heteroatoms. The van der Waals surface area contributed by atoms with Crippen molar-refractivity contribution in [1.29, 1.82) is 5.26 Å². The van der Waals surface area contributed by atoms with Gasteiger partial charge in [0.1, 0.15) is 11.8 Å². The number of alkyl halides is 3. The number of pyridine rings is 1. The molecule has 0 spiro atoms. The summed E-state index contributed by atoms with van der Waals surface area (Å²) in [5.41, 5.74) is 0.461. The molecule has 0 unspecified atom stereocenters. The van der Waals surface area contributed by atoms with Gasteiger partial charge < -0.3 is 4.74 Å². The van der Waals surface area contributed by atoms with Gasteiger partial charge in [-0.05, 0) is 24.3 Å². The molecule has 0 aliphatic carbocycles. The van der Waals surface area contributed by atoms with Crippen molar-refractivity contribution in [3.63, 3.8) is 0 Å². The van der Waals surface area contributed by atoms with E-state index >= 15 is 0 Å². The Labute approximate surface area is 106 Å². The Bertz CT molecular complexity index is 632. The number of hydrogen-bond donors (Lipinski definition) is 0. The first-order chi connectivity index (χ1) is 9.01. The molecule has 1 heterocycles. The van der Waals surface area contributed by atoms with E-state index in [1.807, 2.05) is 6.07 Å². The highest BCUT2D eigenvalue weighted by molar-refractivity contribution is 5.72. The number of ether oxygens (including phenoxy) is 1. The van der Waals surface area contributed by atoms with E-state index < -0.39 is 6.36 Å². The predicted molar refractivity (Wildman–Crippen MR) is 61.1 cm³/mol. The minimum Gasteiger partial charge on any atom is -0.405 e. The van der Waals surface area contributed by atoms with Crippen LogP contribution in [0.1, 0.15) is 5.56 Å². The Morgan fingerprint density at radius 2 is 1.84 bits per heavy atom. The van der Waals surface area contributed by atoms with E-state index in [1.54, 1.807) is 6.07 Å². The van der Waals surface area contributed by atoms with E-state index in [2.05, 4.69) is 9.72 Å². The van der Waals surface area contributed by atoms with Gasteiger partial charge in [-0.3, -0.25) is 4.98 Å². The molecule has 0 saturated heterocycles. The first-order valence-corrected chi connectivity index (χ1v) is 5.21. The van der Waals surface area contributed by atoms with Gasteiger partial charge in [0.2, 0.25) is 0 Å². The van der Waals surface area contributed by atoms with Gasteiger partial charge >= 0.3 is 6.36 Å². The molecule has 2 rings (SSSR count). The maximum Gasteiger partial charge on any atom is 0.573 e. The van der Waals surface area contributed by atoms with Crippen molar-refractivity contribution in [3.8, 4) is 23.1 Å². The van der Waals surface area contributed by atoms with Gasteiger partial charge in [0.25, 0.3) is 0 Å². The minimum atomic E-state index is -4.79. The van der Waals surface area contributed by atoms with E-state index in [4.69, 9.17) is 5.26 Å². The van der Waals surface area contributed by atoms with Crippen LogP contribution in [-0.4, -0.2) is 11.3 Å². The number of benzene rings is 1. The van der Waals surface area contributed by atoms with E-state index in [0.29, 0.717) is 0 Å². The Kier molecular flexibility index (Phi) is 3.38. The Morgan fingerprint density at radius 3 is 2.53 bits per heavy atom. The molecular weight excluding hydrogens is 257 g/mol. The highest BCUT2D eigenvalue weighted by Crippen LogP contribution is 2.33. The van der Waals surface area contributed by atoms with Gasteiger partial charge in [0.15, 0.2) is 0 Å². The molecule has 0 amide bonds. The molecule has 0 radical (unpaired) electrons. The lowest BCUT2D eigenvalue weighted by Gasteiger charge is -2.13. The number of nitrogens with zero attached hydrogens (tertiary/aromatic N) is 2. The van der Waals surface area contributed by atoms with Crippen molar-refractivity contribution >= 4 is 0 Å². The fraction of sp³-hybridized carbons (Fsp3) is 0.0769. The van der Waals surface area contributed by atoms with Crippen LogP contribution in [0.2, 0.25) is 0 Å². The van der Waals surface area contributed by atoms with Crippen LogP contribution in [0.25, 0.3) is 11.3 Å². The lowest BCUT2D eigenvalue weighted by Crippen LogP contribution is -2.17. The number of rotatable bonds is 2. The van der Waals surface area contributed by atoms with Crippen LogP contribution < -0.4 is 4.74 Å². The smallest absolute Gasteiger partial charge is 0.405 e. The standard InChI is InChI=1S/C13H7F3N2O/c14-13(15,16)19-11-6-2-1-5-10(11)12-9(8-17)4-3-7-18-12/h1-7H. The maximum atomic E-state index is 12.3. The molecule has 1 aromatic carbocycles. The zero-order valence-corrected chi connectivity index (χ0v) is 9.48. The molecule has 3 nitrogen and oxygen atoms in total. The van der Waals surface area contributed by atoms with Gasteiger partial charge in [0.05, 0.1) is 11.3 Å². The molecule has 1 aromatic heterocycles. The van der Waals surface area contributed by atoms with Crippen molar-refractivity contribution < 1.29 is 17.9 Å². The average Bonchev–Trinajstić information content (AvgIpc) is 2.37. The zero-order chi connectivity index (χ0) is 13.9. The van der Waals surface area contributed by atoms with Crippen LogP contribution in [0.3, 0.4) is 0 Å². The van der Waals surface area contributed by atoms with Gasteiger partial charge in [-0.1, -0.05) is 12.1 Å². The fourth-order valence-electron chi connectivity index (χ4n) is 1.59. The minimum absolute atomic E-state index is 0.122. The van der Waals surface area contributed by atoms with E-state index in [-0.39, 0.29) is 22.6 Å². The topological polar surface area (TPSA) is 45.9 Å².